The minimum absolute atomic E-state index is 0.0733. The van der Waals surface area contributed by atoms with E-state index in [4.69, 9.17) is 0 Å². The second kappa shape index (κ2) is 6.45. The Morgan fingerprint density at radius 3 is 2.53 bits per heavy atom. The van der Waals surface area contributed by atoms with Gasteiger partial charge in [-0.3, -0.25) is 9.69 Å². The van der Waals surface area contributed by atoms with Crippen LogP contribution >= 0.6 is 15.9 Å². The topological polar surface area (TPSA) is 35.6 Å². The molecular formula is C10H20BrN3O. The average molecular weight is 278 g/mol. The van der Waals surface area contributed by atoms with Gasteiger partial charge in [0.1, 0.15) is 0 Å². The Bertz CT molecular complexity index is 203. The minimum Gasteiger partial charge on any atom is -0.354 e. The molecule has 4 nitrogen and oxygen atoms in total. The van der Waals surface area contributed by atoms with E-state index in [1.807, 2.05) is 6.92 Å². The summed E-state index contributed by atoms with van der Waals surface area (Å²) in [6, 6.07) is 0. The van der Waals surface area contributed by atoms with Crippen LogP contribution in [0.5, 0.6) is 0 Å². The first-order valence-corrected chi connectivity index (χ1v) is 6.34. The fraction of sp³-hybridized carbons (Fsp3) is 0.900. The number of halogens is 1. The number of rotatable bonds is 4. The molecule has 0 spiro atoms. The van der Waals surface area contributed by atoms with Crippen molar-refractivity contribution in [1.29, 1.82) is 0 Å². The molecule has 0 aromatic heterocycles. The highest BCUT2D eigenvalue weighted by molar-refractivity contribution is 9.10. The largest absolute Gasteiger partial charge is 0.354 e. The Morgan fingerprint density at radius 2 is 2.00 bits per heavy atom. The van der Waals surface area contributed by atoms with E-state index in [0.29, 0.717) is 0 Å². The van der Waals surface area contributed by atoms with Gasteiger partial charge in [0.25, 0.3) is 0 Å². The van der Waals surface area contributed by atoms with E-state index in [-0.39, 0.29) is 10.7 Å². The van der Waals surface area contributed by atoms with Gasteiger partial charge in [-0.25, -0.2) is 0 Å². The number of piperazine rings is 1. The number of likely N-dealkylation sites (N-methyl/N-ethyl adjacent to an activating group) is 1. The molecule has 0 saturated carbocycles. The van der Waals surface area contributed by atoms with Crippen molar-refractivity contribution in [3.05, 3.63) is 0 Å². The molecule has 1 aliphatic rings. The summed E-state index contributed by atoms with van der Waals surface area (Å²) >= 11 is 3.24. The maximum absolute atomic E-state index is 11.3. The minimum atomic E-state index is -0.0926. The monoisotopic (exact) mass is 277 g/mol. The van der Waals surface area contributed by atoms with Crippen LogP contribution < -0.4 is 5.32 Å². The van der Waals surface area contributed by atoms with E-state index in [1.165, 1.54) is 0 Å². The van der Waals surface area contributed by atoms with Crippen LogP contribution in [-0.2, 0) is 4.79 Å². The SMILES string of the molecule is CC(Br)C(=O)NCCN1CCN(C)CC1. The smallest absolute Gasteiger partial charge is 0.233 e. The molecule has 88 valence electrons. The first kappa shape index (κ1) is 12.9. The van der Waals surface area contributed by atoms with E-state index in [9.17, 15) is 4.79 Å². The second-order valence-corrected chi connectivity index (χ2v) is 5.43. The van der Waals surface area contributed by atoms with Crippen molar-refractivity contribution in [3.63, 3.8) is 0 Å². The predicted molar refractivity (Wildman–Crippen MR) is 65.3 cm³/mol. The number of hydrogen-bond acceptors (Lipinski definition) is 3. The van der Waals surface area contributed by atoms with Crippen molar-refractivity contribution in [2.75, 3.05) is 46.3 Å². The van der Waals surface area contributed by atoms with Crippen LogP contribution in [0.25, 0.3) is 0 Å². The summed E-state index contributed by atoms with van der Waals surface area (Å²) < 4.78 is 0. The summed E-state index contributed by atoms with van der Waals surface area (Å²) in [5.41, 5.74) is 0. The highest BCUT2D eigenvalue weighted by Gasteiger charge is 2.13. The van der Waals surface area contributed by atoms with Crippen molar-refractivity contribution >= 4 is 21.8 Å². The van der Waals surface area contributed by atoms with E-state index >= 15 is 0 Å². The molecule has 1 aliphatic heterocycles. The van der Waals surface area contributed by atoms with Crippen molar-refractivity contribution in [2.45, 2.75) is 11.8 Å². The zero-order valence-corrected chi connectivity index (χ0v) is 11.1. The van der Waals surface area contributed by atoms with Crippen molar-refractivity contribution in [3.8, 4) is 0 Å². The third kappa shape index (κ3) is 4.95. The fourth-order valence-corrected chi connectivity index (χ4v) is 1.71. The van der Waals surface area contributed by atoms with E-state index < -0.39 is 0 Å². The normalized spacial score (nSPS) is 21.3. The van der Waals surface area contributed by atoms with Gasteiger partial charge in [-0.05, 0) is 14.0 Å². The molecule has 1 rings (SSSR count). The van der Waals surface area contributed by atoms with E-state index in [2.05, 4.69) is 38.1 Å². The van der Waals surface area contributed by atoms with Gasteiger partial charge in [0, 0.05) is 39.3 Å². The summed E-state index contributed by atoms with van der Waals surface area (Å²) in [4.78, 5) is 15.9. The van der Waals surface area contributed by atoms with E-state index in [1.54, 1.807) is 0 Å². The Kier molecular flexibility index (Phi) is 5.56. The van der Waals surface area contributed by atoms with Crippen molar-refractivity contribution in [2.24, 2.45) is 0 Å². The lowest BCUT2D eigenvalue weighted by Gasteiger charge is -2.32. The van der Waals surface area contributed by atoms with Crippen LogP contribution in [0.15, 0.2) is 0 Å². The lowest BCUT2D eigenvalue weighted by Crippen LogP contribution is -2.47. The average Bonchev–Trinajstić information content (AvgIpc) is 2.20. The van der Waals surface area contributed by atoms with Gasteiger partial charge in [-0.2, -0.15) is 0 Å². The maximum atomic E-state index is 11.3. The van der Waals surface area contributed by atoms with Gasteiger partial charge in [-0.15, -0.1) is 0 Å². The summed E-state index contributed by atoms with van der Waals surface area (Å²) in [5, 5.41) is 2.90. The number of carbonyl (C=O) groups excluding carboxylic acids is 1. The summed E-state index contributed by atoms with van der Waals surface area (Å²) in [7, 11) is 2.14. The number of alkyl halides is 1. The first-order chi connectivity index (χ1) is 7.09. The Labute approximate surface area is 100 Å². The van der Waals surface area contributed by atoms with Crippen molar-refractivity contribution in [1.82, 2.24) is 15.1 Å². The number of nitrogens with one attached hydrogen (secondary N) is 1. The zero-order valence-electron chi connectivity index (χ0n) is 9.50. The molecule has 0 aromatic carbocycles. The lowest BCUT2D eigenvalue weighted by atomic mass is 10.3. The molecule has 1 atom stereocenters. The maximum Gasteiger partial charge on any atom is 0.233 e. The Hall–Kier alpha value is -0.130. The van der Waals surface area contributed by atoms with Crippen LogP contribution in [0.1, 0.15) is 6.92 Å². The van der Waals surface area contributed by atoms with Gasteiger partial charge >= 0.3 is 0 Å². The molecule has 1 heterocycles. The molecule has 0 bridgehead atoms. The molecule has 1 amide bonds. The van der Waals surface area contributed by atoms with Gasteiger partial charge in [-0.1, -0.05) is 15.9 Å². The Balaban J connectivity index is 2.08. The van der Waals surface area contributed by atoms with Gasteiger partial charge in [0.05, 0.1) is 4.83 Å². The highest BCUT2D eigenvalue weighted by atomic mass is 79.9. The van der Waals surface area contributed by atoms with Crippen LogP contribution in [0, 0.1) is 0 Å². The predicted octanol–water partition coefficient (Wildman–Crippen LogP) is 0.133. The standard InChI is InChI=1S/C10H20BrN3O/c1-9(11)10(15)12-3-4-14-7-5-13(2)6-8-14/h9H,3-8H2,1-2H3,(H,12,15). The number of amides is 1. The Morgan fingerprint density at radius 1 is 1.40 bits per heavy atom. The number of carbonyl (C=O) groups is 1. The molecule has 1 N–H and O–H groups in total. The van der Waals surface area contributed by atoms with Gasteiger partial charge in [0.2, 0.25) is 5.91 Å². The van der Waals surface area contributed by atoms with Crippen LogP contribution in [0.2, 0.25) is 0 Å². The summed E-state index contributed by atoms with van der Waals surface area (Å²) in [6.45, 7) is 8.01. The van der Waals surface area contributed by atoms with E-state index in [0.717, 1.165) is 39.3 Å². The fourth-order valence-electron chi connectivity index (χ4n) is 1.55. The molecule has 0 aliphatic carbocycles. The molecule has 0 radical (unpaired) electrons. The quantitative estimate of drug-likeness (QED) is 0.743. The molecule has 1 saturated heterocycles. The molecule has 1 fully saturated rings. The highest BCUT2D eigenvalue weighted by Crippen LogP contribution is 1.98. The van der Waals surface area contributed by atoms with Crippen LogP contribution in [-0.4, -0.2) is 66.9 Å². The molecule has 0 aromatic rings. The number of nitrogens with zero attached hydrogens (tertiary/aromatic N) is 2. The van der Waals surface area contributed by atoms with Gasteiger partial charge in [0.15, 0.2) is 0 Å². The summed E-state index contributed by atoms with van der Waals surface area (Å²) in [6.07, 6.45) is 0. The molecule has 15 heavy (non-hydrogen) atoms. The number of hydrogen-bond donors (Lipinski definition) is 1. The van der Waals surface area contributed by atoms with Crippen LogP contribution in [0.3, 0.4) is 0 Å². The third-order valence-corrected chi connectivity index (χ3v) is 3.10. The lowest BCUT2D eigenvalue weighted by molar-refractivity contribution is -0.120. The van der Waals surface area contributed by atoms with Crippen molar-refractivity contribution < 1.29 is 4.79 Å². The van der Waals surface area contributed by atoms with Crippen LogP contribution in [0.4, 0.5) is 0 Å². The second-order valence-electron chi connectivity index (χ2n) is 4.05. The van der Waals surface area contributed by atoms with Gasteiger partial charge < -0.3 is 10.2 Å². The third-order valence-electron chi connectivity index (χ3n) is 2.68. The molecular weight excluding hydrogens is 258 g/mol. The molecule has 1 unspecified atom stereocenters. The molecule has 5 heteroatoms. The zero-order chi connectivity index (χ0) is 11.3. The first-order valence-electron chi connectivity index (χ1n) is 5.42. The summed E-state index contributed by atoms with van der Waals surface area (Å²) in [5.74, 6) is 0.0733.